The van der Waals surface area contributed by atoms with E-state index < -0.39 is 5.60 Å². The molecule has 1 N–H and O–H groups in total. The SMILES string of the molecule is C[C@@H]1CC(C#CCc2ccc(C(C)(C)O)cc2)C2CCCCC21. The molecular weight excluding hydrogens is 280 g/mol. The lowest BCUT2D eigenvalue weighted by Gasteiger charge is -2.29. The second-order valence-electron chi connectivity index (χ2n) is 8.19. The van der Waals surface area contributed by atoms with Gasteiger partial charge in [0.2, 0.25) is 0 Å². The van der Waals surface area contributed by atoms with Crippen LogP contribution in [0.1, 0.15) is 64.0 Å². The minimum absolute atomic E-state index is 0.631. The summed E-state index contributed by atoms with van der Waals surface area (Å²) in [5, 5.41) is 10.0. The average molecular weight is 310 g/mol. The quantitative estimate of drug-likeness (QED) is 0.769. The minimum Gasteiger partial charge on any atom is -0.386 e. The van der Waals surface area contributed by atoms with Gasteiger partial charge in [0.15, 0.2) is 0 Å². The molecule has 1 aromatic rings. The lowest BCUT2D eigenvalue weighted by molar-refractivity contribution is 0.0786. The van der Waals surface area contributed by atoms with E-state index in [1.807, 2.05) is 26.0 Å². The standard InChI is InChI=1S/C22H30O/c1-16-15-18(21-10-5-4-9-20(16)21)8-6-7-17-11-13-19(14-12-17)22(2,3)23/h11-14,16,18,20-21,23H,4-5,7,9-10,15H2,1-3H3/t16-,18?,20?,21?/m1/s1. The molecular formula is C22H30O. The Morgan fingerprint density at radius 2 is 1.74 bits per heavy atom. The smallest absolute Gasteiger partial charge is 0.0840 e. The highest BCUT2D eigenvalue weighted by atomic mass is 16.3. The van der Waals surface area contributed by atoms with Gasteiger partial charge in [0.05, 0.1) is 5.60 Å². The number of hydrogen-bond acceptors (Lipinski definition) is 1. The molecule has 1 nitrogen and oxygen atoms in total. The van der Waals surface area contributed by atoms with E-state index in [4.69, 9.17) is 0 Å². The van der Waals surface area contributed by atoms with Crippen LogP contribution in [-0.2, 0) is 12.0 Å². The van der Waals surface area contributed by atoms with Crippen molar-refractivity contribution >= 4 is 0 Å². The van der Waals surface area contributed by atoms with Crippen LogP contribution in [0.25, 0.3) is 0 Å². The molecule has 2 fully saturated rings. The van der Waals surface area contributed by atoms with E-state index in [9.17, 15) is 5.11 Å². The van der Waals surface area contributed by atoms with Gasteiger partial charge in [0, 0.05) is 12.3 Å². The van der Waals surface area contributed by atoms with E-state index >= 15 is 0 Å². The van der Waals surface area contributed by atoms with Crippen LogP contribution in [0.15, 0.2) is 24.3 Å². The molecule has 4 atom stereocenters. The van der Waals surface area contributed by atoms with Crippen molar-refractivity contribution in [2.24, 2.45) is 23.7 Å². The van der Waals surface area contributed by atoms with Crippen molar-refractivity contribution in [1.29, 1.82) is 0 Å². The van der Waals surface area contributed by atoms with Crippen LogP contribution in [0.4, 0.5) is 0 Å². The Balaban J connectivity index is 1.62. The minimum atomic E-state index is -0.764. The number of fused-ring (bicyclic) bond motifs is 1. The van der Waals surface area contributed by atoms with Crippen molar-refractivity contribution in [3.05, 3.63) is 35.4 Å². The van der Waals surface area contributed by atoms with Gasteiger partial charge in [-0.1, -0.05) is 55.9 Å². The molecule has 0 amide bonds. The molecule has 124 valence electrons. The highest BCUT2D eigenvalue weighted by Crippen LogP contribution is 2.48. The van der Waals surface area contributed by atoms with E-state index in [0.717, 1.165) is 29.7 Å². The molecule has 3 rings (SSSR count). The Hall–Kier alpha value is -1.26. The fourth-order valence-electron chi connectivity index (χ4n) is 4.63. The molecule has 2 saturated carbocycles. The summed E-state index contributed by atoms with van der Waals surface area (Å²) < 4.78 is 0. The van der Waals surface area contributed by atoms with Crippen LogP contribution < -0.4 is 0 Å². The largest absolute Gasteiger partial charge is 0.386 e. The molecule has 0 saturated heterocycles. The summed E-state index contributed by atoms with van der Waals surface area (Å²) in [6, 6.07) is 8.24. The van der Waals surface area contributed by atoms with Gasteiger partial charge in [-0.15, -0.1) is 0 Å². The predicted octanol–water partition coefficient (Wildman–Crippen LogP) is 4.92. The first kappa shape index (κ1) is 16.6. The first-order valence-electron chi connectivity index (χ1n) is 9.25. The molecule has 0 aliphatic heterocycles. The summed E-state index contributed by atoms with van der Waals surface area (Å²) in [5.74, 6) is 10.3. The van der Waals surface area contributed by atoms with E-state index in [1.54, 1.807) is 0 Å². The maximum Gasteiger partial charge on any atom is 0.0840 e. The third kappa shape index (κ3) is 3.81. The molecule has 2 aliphatic carbocycles. The van der Waals surface area contributed by atoms with E-state index in [-0.39, 0.29) is 0 Å². The van der Waals surface area contributed by atoms with Crippen molar-refractivity contribution in [2.75, 3.05) is 0 Å². The predicted molar refractivity (Wildman–Crippen MR) is 95.9 cm³/mol. The lowest BCUT2D eigenvalue weighted by atomic mass is 9.76. The molecule has 0 spiro atoms. The van der Waals surface area contributed by atoms with Crippen LogP contribution in [0.3, 0.4) is 0 Å². The zero-order valence-electron chi connectivity index (χ0n) is 14.8. The number of hydrogen-bond donors (Lipinski definition) is 1. The van der Waals surface area contributed by atoms with Crippen LogP contribution in [-0.4, -0.2) is 5.11 Å². The Morgan fingerprint density at radius 3 is 2.39 bits per heavy atom. The zero-order chi connectivity index (χ0) is 16.4. The summed E-state index contributed by atoms with van der Waals surface area (Å²) in [4.78, 5) is 0. The molecule has 0 aromatic heterocycles. The maximum absolute atomic E-state index is 10.0. The van der Waals surface area contributed by atoms with Crippen LogP contribution >= 0.6 is 0 Å². The molecule has 0 heterocycles. The molecule has 2 aliphatic rings. The Bertz CT molecular complexity index is 581. The average Bonchev–Trinajstić information content (AvgIpc) is 2.84. The highest BCUT2D eigenvalue weighted by Gasteiger charge is 2.41. The summed E-state index contributed by atoms with van der Waals surface area (Å²) in [5.41, 5.74) is 1.45. The van der Waals surface area contributed by atoms with Gasteiger partial charge in [-0.05, 0) is 62.0 Å². The van der Waals surface area contributed by atoms with Crippen molar-refractivity contribution in [3.8, 4) is 11.8 Å². The molecule has 3 unspecified atom stereocenters. The van der Waals surface area contributed by atoms with Crippen molar-refractivity contribution in [1.82, 2.24) is 0 Å². The van der Waals surface area contributed by atoms with Crippen molar-refractivity contribution < 1.29 is 5.11 Å². The second kappa shape index (κ2) is 6.70. The number of rotatable bonds is 2. The maximum atomic E-state index is 10.0. The third-order valence-corrected chi connectivity index (χ3v) is 5.99. The van der Waals surface area contributed by atoms with Crippen LogP contribution in [0.5, 0.6) is 0 Å². The van der Waals surface area contributed by atoms with E-state index in [1.165, 1.54) is 37.7 Å². The van der Waals surface area contributed by atoms with E-state index in [0.29, 0.717) is 5.92 Å². The van der Waals surface area contributed by atoms with Crippen LogP contribution in [0.2, 0.25) is 0 Å². The molecule has 0 bridgehead atoms. The molecule has 23 heavy (non-hydrogen) atoms. The van der Waals surface area contributed by atoms with Gasteiger partial charge in [-0.3, -0.25) is 0 Å². The normalized spacial score (nSPS) is 30.4. The fourth-order valence-corrected chi connectivity index (χ4v) is 4.63. The third-order valence-electron chi connectivity index (χ3n) is 5.99. The molecule has 0 radical (unpaired) electrons. The highest BCUT2D eigenvalue weighted by molar-refractivity contribution is 5.29. The second-order valence-corrected chi connectivity index (χ2v) is 8.19. The van der Waals surface area contributed by atoms with Crippen molar-refractivity contribution in [3.63, 3.8) is 0 Å². The Morgan fingerprint density at radius 1 is 1.09 bits per heavy atom. The van der Waals surface area contributed by atoms with Crippen molar-refractivity contribution in [2.45, 2.75) is 64.9 Å². The summed E-state index contributed by atoms with van der Waals surface area (Å²) >= 11 is 0. The Kier molecular flexibility index (Phi) is 4.83. The summed E-state index contributed by atoms with van der Waals surface area (Å²) in [7, 11) is 0. The number of aliphatic hydroxyl groups is 1. The first-order valence-corrected chi connectivity index (χ1v) is 9.25. The van der Waals surface area contributed by atoms with Gasteiger partial charge in [-0.2, -0.15) is 0 Å². The van der Waals surface area contributed by atoms with Gasteiger partial charge in [0.25, 0.3) is 0 Å². The monoisotopic (exact) mass is 310 g/mol. The first-order chi connectivity index (χ1) is 10.9. The fraction of sp³-hybridized carbons (Fsp3) is 0.636. The van der Waals surface area contributed by atoms with Gasteiger partial charge in [0.1, 0.15) is 0 Å². The van der Waals surface area contributed by atoms with Gasteiger partial charge >= 0.3 is 0 Å². The summed E-state index contributed by atoms with van der Waals surface area (Å²) in [6.07, 6.45) is 7.80. The molecule has 1 heteroatoms. The van der Waals surface area contributed by atoms with Crippen LogP contribution in [0, 0.1) is 35.5 Å². The molecule has 1 aromatic carbocycles. The zero-order valence-corrected chi connectivity index (χ0v) is 14.8. The summed E-state index contributed by atoms with van der Waals surface area (Å²) in [6.45, 7) is 6.08. The Labute approximate surface area is 141 Å². The lowest BCUT2D eigenvalue weighted by Crippen LogP contribution is -2.20. The van der Waals surface area contributed by atoms with E-state index in [2.05, 4.69) is 30.9 Å². The topological polar surface area (TPSA) is 20.2 Å². The van der Waals surface area contributed by atoms with Gasteiger partial charge < -0.3 is 5.11 Å². The van der Waals surface area contributed by atoms with Gasteiger partial charge in [-0.25, -0.2) is 0 Å². The number of benzene rings is 1.